The Kier molecular flexibility index (Phi) is 5.52. The molecule has 2 heterocycles. The van der Waals surface area contributed by atoms with Gasteiger partial charge in [0.2, 0.25) is 11.8 Å². The van der Waals surface area contributed by atoms with Crippen molar-refractivity contribution < 1.29 is 9.32 Å². The van der Waals surface area contributed by atoms with Crippen LogP contribution in [0.5, 0.6) is 0 Å². The molecule has 1 saturated heterocycles. The molecule has 0 saturated carbocycles. The molecule has 0 radical (unpaired) electrons. The summed E-state index contributed by atoms with van der Waals surface area (Å²) in [5.41, 5.74) is 0. The monoisotopic (exact) mass is 280 g/mol. The molecule has 1 fully saturated rings. The molecule has 6 heteroatoms. The molecule has 2 rings (SSSR count). The minimum atomic E-state index is 0.140. The first-order valence-electron chi connectivity index (χ1n) is 7.47. The van der Waals surface area contributed by atoms with Gasteiger partial charge in [-0.15, -0.1) is 0 Å². The average molecular weight is 280 g/mol. The highest BCUT2D eigenvalue weighted by molar-refractivity contribution is 5.78. The van der Waals surface area contributed by atoms with E-state index in [1.54, 1.807) is 0 Å². The average Bonchev–Trinajstić information content (AvgIpc) is 2.73. The van der Waals surface area contributed by atoms with E-state index in [2.05, 4.69) is 20.8 Å². The molecular weight excluding hydrogens is 256 g/mol. The van der Waals surface area contributed by atoms with Gasteiger partial charge in [-0.05, 0) is 32.4 Å². The summed E-state index contributed by atoms with van der Waals surface area (Å²) in [6.45, 7) is 6.55. The minimum absolute atomic E-state index is 0.140. The van der Waals surface area contributed by atoms with Crippen molar-refractivity contribution in [2.45, 2.75) is 45.4 Å². The Morgan fingerprint density at radius 2 is 2.30 bits per heavy atom. The van der Waals surface area contributed by atoms with Crippen LogP contribution in [-0.4, -0.2) is 35.7 Å². The molecule has 6 nitrogen and oxygen atoms in total. The van der Waals surface area contributed by atoms with Crippen molar-refractivity contribution in [1.82, 2.24) is 20.8 Å². The molecule has 0 bridgehead atoms. The van der Waals surface area contributed by atoms with Crippen LogP contribution in [0.2, 0.25) is 0 Å². The summed E-state index contributed by atoms with van der Waals surface area (Å²) in [7, 11) is 0. The summed E-state index contributed by atoms with van der Waals surface area (Å²) < 4.78 is 5.13. The molecule has 0 aromatic carbocycles. The van der Waals surface area contributed by atoms with E-state index >= 15 is 0 Å². The van der Waals surface area contributed by atoms with E-state index in [1.807, 2.05) is 13.8 Å². The SMILES string of the molecule is CC(C)c1nc(CCNC(=O)C2CCCNCC2)no1. The molecule has 1 aromatic heterocycles. The highest BCUT2D eigenvalue weighted by Gasteiger charge is 2.19. The fraction of sp³-hybridized carbons (Fsp3) is 0.786. The highest BCUT2D eigenvalue weighted by atomic mass is 16.5. The lowest BCUT2D eigenvalue weighted by atomic mass is 10.00. The van der Waals surface area contributed by atoms with Gasteiger partial charge in [0.25, 0.3) is 0 Å². The summed E-state index contributed by atoms with van der Waals surface area (Å²) >= 11 is 0. The van der Waals surface area contributed by atoms with Gasteiger partial charge >= 0.3 is 0 Å². The van der Waals surface area contributed by atoms with Crippen LogP contribution >= 0.6 is 0 Å². The van der Waals surface area contributed by atoms with E-state index in [1.165, 1.54) is 0 Å². The van der Waals surface area contributed by atoms with E-state index in [-0.39, 0.29) is 17.7 Å². The number of aromatic nitrogens is 2. The smallest absolute Gasteiger partial charge is 0.229 e. The van der Waals surface area contributed by atoms with Crippen LogP contribution in [0.4, 0.5) is 0 Å². The highest BCUT2D eigenvalue weighted by Crippen LogP contribution is 2.13. The van der Waals surface area contributed by atoms with Gasteiger partial charge in [0, 0.05) is 24.8 Å². The maximum atomic E-state index is 12.1. The number of nitrogens with zero attached hydrogens (tertiary/aromatic N) is 2. The van der Waals surface area contributed by atoms with Crippen molar-refractivity contribution in [2.24, 2.45) is 5.92 Å². The van der Waals surface area contributed by atoms with Crippen molar-refractivity contribution in [3.05, 3.63) is 11.7 Å². The zero-order chi connectivity index (χ0) is 14.4. The Hall–Kier alpha value is -1.43. The van der Waals surface area contributed by atoms with E-state index in [4.69, 9.17) is 4.52 Å². The van der Waals surface area contributed by atoms with E-state index in [9.17, 15) is 4.79 Å². The van der Waals surface area contributed by atoms with Crippen LogP contribution in [0.15, 0.2) is 4.52 Å². The van der Waals surface area contributed by atoms with E-state index in [0.717, 1.165) is 32.4 Å². The number of carbonyl (C=O) groups is 1. The molecule has 0 aliphatic carbocycles. The second-order valence-corrected chi connectivity index (χ2v) is 5.62. The Morgan fingerprint density at radius 1 is 1.45 bits per heavy atom. The maximum absolute atomic E-state index is 12.1. The minimum Gasteiger partial charge on any atom is -0.355 e. The van der Waals surface area contributed by atoms with E-state index < -0.39 is 0 Å². The maximum Gasteiger partial charge on any atom is 0.229 e. The summed E-state index contributed by atoms with van der Waals surface area (Å²) in [4.78, 5) is 16.3. The van der Waals surface area contributed by atoms with Gasteiger partial charge < -0.3 is 15.2 Å². The Labute approximate surface area is 119 Å². The third kappa shape index (κ3) is 4.30. The van der Waals surface area contributed by atoms with Crippen LogP contribution in [0.1, 0.15) is 50.7 Å². The lowest BCUT2D eigenvalue weighted by Crippen LogP contribution is -2.32. The van der Waals surface area contributed by atoms with Gasteiger partial charge in [-0.25, -0.2) is 0 Å². The lowest BCUT2D eigenvalue weighted by Gasteiger charge is -2.13. The summed E-state index contributed by atoms with van der Waals surface area (Å²) in [5, 5.41) is 10.2. The largest absolute Gasteiger partial charge is 0.355 e. The first-order valence-corrected chi connectivity index (χ1v) is 7.47. The standard InChI is InChI=1S/C14H24N4O2/c1-10(2)14-17-12(18-20-14)6-9-16-13(19)11-4-3-7-15-8-5-11/h10-11,15H,3-9H2,1-2H3,(H,16,19). The van der Waals surface area contributed by atoms with Crippen LogP contribution in [0.25, 0.3) is 0 Å². The predicted molar refractivity (Wildman–Crippen MR) is 75.3 cm³/mol. The van der Waals surface area contributed by atoms with E-state index in [0.29, 0.717) is 24.7 Å². The quantitative estimate of drug-likeness (QED) is 0.848. The Bertz CT molecular complexity index is 423. The number of rotatable bonds is 5. The lowest BCUT2D eigenvalue weighted by molar-refractivity contribution is -0.125. The molecule has 1 aliphatic heterocycles. The van der Waals surface area contributed by atoms with Crippen LogP contribution in [0, 0.1) is 5.92 Å². The second kappa shape index (κ2) is 7.38. The number of carbonyl (C=O) groups excluding carboxylic acids is 1. The van der Waals surface area contributed by atoms with Gasteiger partial charge in [0.05, 0.1) is 0 Å². The van der Waals surface area contributed by atoms with Crippen molar-refractivity contribution in [3.8, 4) is 0 Å². The van der Waals surface area contributed by atoms with Crippen LogP contribution < -0.4 is 10.6 Å². The van der Waals surface area contributed by atoms with Gasteiger partial charge in [0.1, 0.15) is 0 Å². The predicted octanol–water partition coefficient (Wildman–Crippen LogP) is 1.24. The summed E-state index contributed by atoms with van der Waals surface area (Å²) in [6.07, 6.45) is 3.58. The van der Waals surface area contributed by atoms with Gasteiger partial charge in [0.15, 0.2) is 5.82 Å². The molecule has 20 heavy (non-hydrogen) atoms. The van der Waals surface area contributed by atoms with Gasteiger partial charge in [-0.3, -0.25) is 4.79 Å². The summed E-state index contributed by atoms with van der Waals surface area (Å²) in [6, 6.07) is 0. The fourth-order valence-corrected chi connectivity index (χ4v) is 2.33. The molecule has 0 spiro atoms. The van der Waals surface area contributed by atoms with Crippen LogP contribution in [-0.2, 0) is 11.2 Å². The second-order valence-electron chi connectivity index (χ2n) is 5.62. The molecule has 1 unspecified atom stereocenters. The Balaban J connectivity index is 1.72. The van der Waals surface area contributed by atoms with Crippen molar-refractivity contribution in [1.29, 1.82) is 0 Å². The number of hydrogen-bond donors (Lipinski definition) is 2. The van der Waals surface area contributed by atoms with Gasteiger partial charge in [-0.2, -0.15) is 4.98 Å². The third-order valence-electron chi connectivity index (χ3n) is 3.57. The zero-order valence-corrected chi connectivity index (χ0v) is 12.3. The Morgan fingerprint density at radius 3 is 3.05 bits per heavy atom. The topological polar surface area (TPSA) is 80.0 Å². The number of amides is 1. The fourth-order valence-electron chi connectivity index (χ4n) is 2.33. The van der Waals surface area contributed by atoms with Gasteiger partial charge in [-0.1, -0.05) is 19.0 Å². The van der Waals surface area contributed by atoms with Crippen molar-refractivity contribution in [2.75, 3.05) is 19.6 Å². The molecule has 2 N–H and O–H groups in total. The molecular formula is C14H24N4O2. The molecule has 1 amide bonds. The molecule has 1 atom stereocenters. The number of hydrogen-bond acceptors (Lipinski definition) is 5. The molecule has 1 aromatic rings. The van der Waals surface area contributed by atoms with Crippen molar-refractivity contribution >= 4 is 5.91 Å². The summed E-state index contributed by atoms with van der Waals surface area (Å²) in [5.74, 6) is 1.85. The van der Waals surface area contributed by atoms with Crippen molar-refractivity contribution in [3.63, 3.8) is 0 Å². The van der Waals surface area contributed by atoms with Crippen LogP contribution in [0.3, 0.4) is 0 Å². The molecule has 1 aliphatic rings. The normalized spacial score (nSPS) is 19.9. The third-order valence-corrected chi connectivity index (χ3v) is 3.57. The zero-order valence-electron chi connectivity index (χ0n) is 12.3. The molecule has 112 valence electrons. The first-order chi connectivity index (χ1) is 9.66. The first kappa shape index (κ1) is 15.0. The number of nitrogens with one attached hydrogen (secondary N) is 2.